The van der Waals surface area contributed by atoms with Crippen molar-refractivity contribution in [3.8, 4) is 5.69 Å². The Bertz CT molecular complexity index is 759. The number of para-hydroxylation sites is 1. The molecule has 5 heteroatoms. The summed E-state index contributed by atoms with van der Waals surface area (Å²) in [6.45, 7) is 5.04. The van der Waals surface area contributed by atoms with Crippen molar-refractivity contribution in [2.75, 3.05) is 18.0 Å². The molecule has 0 unspecified atom stereocenters. The first kappa shape index (κ1) is 14.5. The SMILES string of the molecule is CC(=O)c1c(N2CCCC2)nc(=O)n(-c2ccccc2)c1C. The van der Waals surface area contributed by atoms with Gasteiger partial charge in [-0.2, -0.15) is 4.98 Å². The fraction of sp³-hybridized carbons (Fsp3) is 0.353. The molecule has 22 heavy (non-hydrogen) atoms. The second-order valence-corrected chi connectivity index (χ2v) is 5.60. The zero-order chi connectivity index (χ0) is 15.7. The lowest BCUT2D eigenvalue weighted by Crippen LogP contribution is -2.32. The van der Waals surface area contributed by atoms with E-state index in [0.717, 1.165) is 31.6 Å². The summed E-state index contributed by atoms with van der Waals surface area (Å²) in [4.78, 5) is 30.9. The lowest BCUT2D eigenvalue weighted by molar-refractivity contribution is 0.101. The third-order valence-corrected chi connectivity index (χ3v) is 4.09. The van der Waals surface area contributed by atoms with Crippen LogP contribution in [0.2, 0.25) is 0 Å². The molecule has 0 atom stereocenters. The summed E-state index contributed by atoms with van der Waals surface area (Å²) in [5.74, 6) is 0.483. The second-order valence-electron chi connectivity index (χ2n) is 5.60. The van der Waals surface area contributed by atoms with Crippen molar-refractivity contribution < 1.29 is 4.79 Å². The van der Waals surface area contributed by atoms with Crippen LogP contribution in [0.1, 0.15) is 35.8 Å². The van der Waals surface area contributed by atoms with Crippen LogP contribution >= 0.6 is 0 Å². The molecule has 1 aliphatic rings. The quantitative estimate of drug-likeness (QED) is 0.816. The van der Waals surface area contributed by atoms with E-state index in [4.69, 9.17) is 0 Å². The first-order valence-electron chi connectivity index (χ1n) is 7.54. The number of anilines is 1. The predicted molar refractivity (Wildman–Crippen MR) is 86.0 cm³/mol. The van der Waals surface area contributed by atoms with Gasteiger partial charge in [-0.1, -0.05) is 18.2 Å². The van der Waals surface area contributed by atoms with Crippen molar-refractivity contribution in [1.29, 1.82) is 0 Å². The van der Waals surface area contributed by atoms with E-state index in [1.54, 1.807) is 0 Å². The van der Waals surface area contributed by atoms with E-state index < -0.39 is 0 Å². The summed E-state index contributed by atoms with van der Waals surface area (Å²) >= 11 is 0. The summed E-state index contributed by atoms with van der Waals surface area (Å²) < 4.78 is 1.51. The number of carbonyl (C=O) groups excluding carboxylic acids is 1. The summed E-state index contributed by atoms with van der Waals surface area (Å²) in [6.07, 6.45) is 2.14. The van der Waals surface area contributed by atoms with Crippen molar-refractivity contribution in [2.45, 2.75) is 26.7 Å². The van der Waals surface area contributed by atoms with Gasteiger partial charge in [-0.25, -0.2) is 4.79 Å². The predicted octanol–water partition coefficient (Wildman–Crippen LogP) is 2.34. The normalized spacial score (nSPS) is 14.4. The molecule has 0 saturated carbocycles. The Morgan fingerprint density at radius 3 is 2.36 bits per heavy atom. The number of Topliss-reactive ketones (excluding diaryl/α,β-unsaturated/α-hetero) is 1. The van der Waals surface area contributed by atoms with Crippen molar-refractivity contribution in [1.82, 2.24) is 9.55 Å². The van der Waals surface area contributed by atoms with Gasteiger partial charge >= 0.3 is 5.69 Å². The van der Waals surface area contributed by atoms with Crippen molar-refractivity contribution in [3.63, 3.8) is 0 Å². The third kappa shape index (κ3) is 2.43. The van der Waals surface area contributed by atoms with Crippen molar-refractivity contribution >= 4 is 11.6 Å². The van der Waals surface area contributed by atoms with Crippen LogP contribution < -0.4 is 10.6 Å². The minimum Gasteiger partial charge on any atom is -0.356 e. The zero-order valence-corrected chi connectivity index (χ0v) is 12.9. The summed E-state index contributed by atoms with van der Waals surface area (Å²) in [5, 5.41) is 0. The minimum atomic E-state index is -0.337. The van der Waals surface area contributed by atoms with Crippen molar-refractivity contribution in [3.05, 3.63) is 52.1 Å². The highest BCUT2D eigenvalue weighted by atomic mass is 16.1. The molecule has 0 N–H and O–H groups in total. The monoisotopic (exact) mass is 297 g/mol. The maximum Gasteiger partial charge on any atom is 0.354 e. The molecule has 0 bridgehead atoms. The number of nitrogens with zero attached hydrogens (tertiary/aromatic N) is 3. The highest BCUT2D eigenvalue weighted by Gasteiger charge is 2.24. The van der Waals surface area contributed by atoms with Gasteiger partial charge in [0.15, 0.2) is 5.78 Å². The van der Waals surface area contributed by atoms with Crippen LogP contribution in [0.4, 0.5) is 5.82 Å². The standard InChI is InChI=1S/C17H19N3O2/c1-12-15(13(2)21)16(19-10-6-7-11-19)18-17(22)20(12)14-8-4-3-5-9-14/h3-5,8-9H,6-7,10-11H2,1-2H3. The Morgan fingerprint density at radius 1 is 1.14 bits per heavy atom. The van der Waals surface area contributed by atoms with Crippen LogP contribution in [-0.2, 0) is 0 Å². The van der Waals surface area contributed by atoms with Crippen LogP contribution in [0.3, 0.4) is 0 Å². The van der Waals surface area contributed by atoms with Gasteiger partial charge in [0, 0.05) is 18.8 Å². The van der Waals surface area contributed by atoms with Crippen LogP contribution in [0.15, 0.2) is 35.1 Å². The fourth-order valence-electron chi connectivity index (χ4n) is 3.06. The third-order valence-electron chi connectivity index (χ3n) is 4.09. The van der Waals surface area contributed by atoms with Gasteiger partial charge in [0.2, 0.25) is 0 Å². The van der Waals surface area contributed by atoms with Gasteiger partial charge in [-0.3, -0.25) is 9.36 Å². The molecular formula is C17H19N3O2. The van der Waals surface area contributed by atoms with E-state index in [0.29, 0.717) is 17.1 Å². The first-order valence-corrected chi connectivity index (χ1v) is 7.54. The van der Waals surface area contributed by atoms with Gasteiger partial charge in [0.05, 0.1) is 11.3 Å². The molecule has 5 nitrogen and oxygen atoms in total. The summed E-state index contributed by atoms with van der Waals surface area (Å²) in [6, 6.07) is 9.30. The van der Waals surface area contributed by atoms with Gasteiger partial charge in [0.25, 0.3) is 0 Å². The molecular weight excluding hydrogens is 278 g/mol. The molecule has 1 aliphatic heterocycles. The van der Waals surface area contributed by atoms with Crippen LogP contribution in [0, 0.1) is 6.92 Å². The largest absolute Gasteiger partial charge is 0.356 e. The van der Waals surface area contributed by atoms with Crippen LogP contribution in [0.5, 0.6) is 0 Å². The second kappa shape index (κ2) is 5.75. The highest BCUT2D eigenvalue weighted by molar-refractivity contribution is 6.00. The number of rotatable bonds is 3. The maximum atomic E-state index is 12.5. The lowest BCUT2D eigenvalue weighted by Gasteiger charge is -2.22. The molecule has 114 valence electrons. The molecule has 0 radical (unpaired) electrons. The number of hydrogen-bond acceptors (Lipinski definition) is 4. The molecule has 0 spiro atoms. The average Bonchev–Trinajstić information content (AvgIpc) is 3.01. The first-order chi connectivity index (χ1) is 10.6. The number of benzene rings is 1. The van der Waals surface area contributed by atoms with E-state index in [1.165, 1.54) is 11.5 Å². The van der Waals surface area contributed by atoms with E-state index in [9.17, 15) is 9.59 Å². The van der Waals surface area contributed by atoms with Gasteiger partial charge in [-0.05, 0) is 38.8 Å². The van der Waals surface area contributed by atoms with E-state index >= 15 is 0 Å². The van der Waals surface area contributed by atoms with E-state index in [1.807, 2.05) is 42.2 Å². The molecule has 1 fully saturated rings. The fourth-order valence-corrected chi connectivity index (χ4v) is 3.06. The number of aromatic nitrogens is 2. The Hall–Kier alpha value is -2.43. The number of hydrogen-bond donors (Lipinski definition) is 0. The average molecular weight is 297 g/mol. The molecule has 1 aromatic heterocycles. The molecule has 1 aromatic carbocycles. The van der Waals surface area contributed by atoms with E-state index in [-0.39, 0.29) is 11.5 Å². The molecule has 0 amide bonds. The van der Waals surface area contributed by atoms with E-state index in [2.05, 4.69) is 4.98 Å². The topological polar surface area (TPSA) is 55.2 Å². The highest BCUT2D eigenvalue weighted by Crippen LogP contribution is 2.25. The van der Waals surface area contributed by atoms with Gasteiger partial charge < -0.3 is 4.90 Å². The summed E-state index contributed by atoms with van der Waals surface area (Å²) in [7, 11) is 0. The lowest BCUT2D eigenvalue weighted by atomic mass is 10.1. The molecule has 2 heterocycles. The molecule has 2 aromatic rings. The Morgan fingerprint density at radius 2 is 1.77 bits per heavy atom. The Balaban J connectivity index is 2.24. The Labute approximate surface area is 129 Å². The minimum absolute atomic E-state index is 0.0587. The summed E-state index contributed by atoms with van der Waals surface area (Å²) in [5.41, 5.74) is 1.59. The number of carbonyl (C=O) groups is 1. The zero-order valence-electron chi connectivity index (χ0n) is 12.9. The maximum absolute atomic E-state index is 12.5. The number of ketones is 1. The Kier molecular flexibility index (Phi) is 3.79. The van der Waals surface area contributed by atoms with Crippen LogP contribution in [-0.4, -0.2) is 28.4 Å². The molecule has 3 rings (SSSR count). The molecule has 0 aliphatic carbocycles. The van der Waals surface area contributed by atoms with Gasteiger partial charge in [-0.15, -0.1) is 0 Å². The smallest absolute Gasteiger partial charge is 0.354 e. The van der Waals surface area contributed by atoms with Crippen LogP contribution in [0.25, 0.3) is 5.69 Å². The van der Waals surface area contributed by atoms with Crippen molar-refractivity contribution in [2.24, 2.45) is 0 Å². The van der Waals surface area contributed by atoms with Gasteiger partial charge in [0.1, 0.15) is 5.82 Å². The molecule has 1 saturated heterocycles.